The number of hydrogen-bond donors (Lipinski definition) is 3. The number of hydrogen-bond acceptors (Lipinski definition) is 9. The summed E-state index contributed by atoms with van der Waals surface area (Å²) in [5, 5.41) is 14.8. The minimum atomic E-state index is -0.902. The molecule has 3 atom stereocenters. The number of aldehydes is 1. The van der Waals surface area contributed by atoms with E-state index in [1.165, 1.54) is 4.90 Å². The fourth-order valence-electron chi connectivity index (χ4n) is 7.96. The molecule has 2 heterocycles. The summed E-state index contributed by atoms with van der Waals surface area (Å²) in [6.45, 7) is 13.5. The molecule has 0 aliphatic heterocycles. The van der Waals surface area contributed by atoms with Crippen molar-refractivity contribution >= 4 is 35.5 Å². The zero-order valence-electron chi connectivity index (χ0n) is 33.9. The normalized spacial score (nSPS) is 15.2. The molecule has 5 rings (SSSR count). The third-order valence-electron chi connectivity index (χ3n) is 11.1. The number of phenols is 1. The molecule has 3 unspecified atom stereocenters. The molecule has 0 radical (unpaired) electrons. The molecule has 2 amide bonds. The Labute approximate surface area is 329 Å². The highest BCUT2D eigenvalue weighted by Crippen LogP contribution is 2.46. The minimum absolute atomic E-state index is 0.0169. The van der Waals surface area contributed by atoms with E-state index in [1.807, 2.05) is 39.0 Å². The summed E-state index contributed by atoms with van der Waals surface area (Å²) >= 11 is 0. The van der Waals surface area contributed by atoms with Gasteiger partial charge in [0.2, 0.25) is 11.8 Å². The highest BCUT2D eigenvalue weighted by Gasteiger charge is 2.51. The Balaban J connectivity index is 1.53. The van der Waals surface area contributed by atoms with Gasteiger partial charge in [0.05, 0.1) is 35.6 Å². The number of rotatable bonds is 19. The Bertz CT molecular complexity index is 2070. The molecule has 2 aromatic carbocycles. The molecular formula is C44H57N5O7. The van der Waals surface area contributed by atoms with Gasteiger partial charge in [0.1, 0.15) is 18.1 Å². The van der Waals surface area contributed by atoms with E-state index in [9.17, 15) is 24.3 Å². The molecule has 1 saturated carbocycles. The summed E-state index contributed by atoms with van der Waals surface area (Å²) in [6.07, 6.45) is 4.29. The van der Waals surface area contributed by atoms with Crippen molar-refractivity contribution < 1.29 is 33.8 Å². The first-order chi connectivity index (χ1) is 26.6. The third kappa shape index (κ3) is 8.81. The first kappa shape index (κ1) is 42.1. The number of amides is 2. The number of likely N-dealkylation sites (N-methyl/N-ethyl adjacent to an activating group) is 1. The van der Waals surface area contributed by atoms with Gasteiger partial charge in [-0.05, 0) is 104 Å². The van der Waals surface area contributed by atoms with Crippen molar-refractivity contribution in [2.24, 2.45) is 22.5 Å². The number of nitrogens with one attached hydrogen (secondary N) is 1. The Kier molecular flexibility index (Phi) is 13.1. The van der Waals surface area contributed by atoms with E-state index in [1.54, 1.807) is 32.5 Å². The molecule has 0 saturated heterocycles. The van der Waals surface area contributed by atoms with Crippen molar-refractivity contribution in [2.75, 3.05) is 27.3 Å². The van der Waals surface area contributed by atoms with Crippen LogP contribution in [-0.4, -0.2) is 83.5 Å². The lowest BCUT2D eigenvalue weighted by atomic mass is 9.84. The number of carbonyl (C=O) groups excluding carboxylic acids is 4. The summed E-state index contributed by atoms with van der Waals surface area (Å²) < 4.78 is 13.3. The number of aromatic nitrogens is 2. The summed E-state index contributed by atoms with van der Waals surface area (Å²) in [4.78, 5) is 56.8. The predicted molar refractivity (Wildman–Crippen MR) is 217 cm³/mol. The first-order valence-corrected chi connectivity index (χ1v) is 19.4. The second-order valence-electron chi connectivity index (χ2n) is 16.3. The molecule has 300 valence electrons. The minimum Gasteiger partial charge on any atom is -0.508 e. The monoisotopic (exact) mass is 767 g/mol. The predicted octanol–water partition coefficient (Wildman–Crippen LogP) is 5.99. The number of fused-ring (bicyclic) bond motifs is 1. The Hall–Kier alpha value is -5.07. The first-order valence-electron chi connectivity index (χ1n) is 19.4. The number of pyridine rings is 1. The largest absolute Gasteiger partial charge is 0.508 e. The quantitative estimate of drug-likeness (QED) is 0.0972. The van der Waals surface area contributed by atoms with E-state index < -0.39 is 28.8 Å². The van der Waals surface area contributed by atoms with E-state index in [0.29, 0.717) is 44.1 Å². The summed E-state index contributed by atoms with van der Waals surface area (Å²) in [7, 11) is 3.28. The Morgan fingerprint density at radius 2 is 1.84 bits per heavy atom. The second-order valence-corrected chi connectivity index (χ2v) is 16.3. The molecule has 1 aliphatic rings. The lowest BCUT2D eigenvalue weighted by Gasteiger charge is -2.33. The fourth-order valence-corrected chi connectivity index (χ4v) is 7.96. The molecule has 12 heteroatoms. The van der Waals surface area contributed by atoms with Crippen LogP contribution < -0.4 is 11.1 Å². The van der Waals surface area contributed by atoms with Crippen LogP contribution in [0.4, 0.5) is 0 Å². The molecule has 4 N–H and O–H groups in total. The maximum atomic E-state index is 13.6. The molecule has 1 aliphatic carbocycles. The van der Waals surface area contributed by atoms with Gasteiger partial charge in [0.15, 0.2) is 0 Å². The van der Waals surface area contributed by atoms with Crippen LogP contribution >= 0.6 is 0 Å². The Morgan fingerprint density at radius 3 is 2.45 bits per heavy atom. The number of carbonyl (C=O) groups is 4. The summed E-state index contributed by atoms with van der Waals surface area (Å²) in [6, 6.07) is 13.7. The maximum absolute atomic E-state index is 13.6. The van der Waals surface area contributed by atoms with Gasteiger partial charge < -0.3 is 39.9 Å². The maximum Gasteiger partial charge on any atom is 0.293 e. The zero-order chi connectivity index (χ0) is 40.9. The van der Waals surface area contributed by atoms with Gasteiger partial charge in [-0.15, -0.1) is 0 Å². The highest BCUT2D eigenvalue weighted by atomic mass is 16.5. The molecule has 0 spiro atoms. The van der Waals surface area contributed by atoms with Crippen molar-refractivity contribution in [2.45, 2.75) is 92.0 Å². The number of ether oxygens (including phenoxy) is 2. The molecule has 12 nitrogen and oxygen atoms in total. The standard InChI is InChI=1S/C44H57N5O7/c1-9-49-37-13-12-30(21-35(37)36(22-43(5,6)25-56-26-51)40(49)34-11-10-16-46-38(34)28(4)55-8)31-17-29(19-33(52)20-31)18-32(23-50)47-41(53)39(27(2)3)48(7)42(54)44(24-45)14-15-44/h10-13,16-17,19-21,23,26-28,32,39,52H,9,14-15,18,22,24-25,45H2,1-8H3,(H,47,53). The van der Waals surface area contributed by atoms with E-state index in [-0.39, 0.29) is 43.3 Å². The van der Waals surface area contributed by atoms with Crippen LogP contribution in [-0.2, 0) is 48.0 Å². The van der Waals surface area contributed by atoms with E-state index >= 15 is 0 Å². The van der Waals surface area contributed by atoms with Crippen LogP contribution in [0.15, 0.2) is 54.7 Å². The third-order valence-corrected chi connectivity index (χ3v) is 11.1. The van der Waals surface area contributed by atoms with Crippen molar-refractivity contribution in [3.05, 3.63) is 71.5 Å². The van der Waals surface area contributed by atoms with Crippen molar-refractivity contribution in [1.29, 1.82) is 0 Å². The number of methoxy groups -OCH3 is 1. The van der Waals surface area contributed by atoms with Crippen LogP contribution in [0.1, 0.15) is 77.3 Å². The van der Waals surface area contributed by atoms with Crippen molar-refractivity contribution in [3.8, 4) is 28.1 Å². The van der Waals surface area contributed by atoms with Crippen LogP contribution in [0.3, 0.4) is 0 Å². The van der Waals surface area contributed by atoms with Crippen LogP contribution in [0.5, 0.6) is 5.75 Å². The number of aromatic hydroxyl groups is 1. The smallest absolute Gasteiger partial charge is 0.293 e. The van der Waals surface area contributed by atoms with E-state index in [0.717, 1.165) is 44.5 Å². The number of benzene rings is 2. The van der Waals surface area contributed by atoms with Crippen LogP contribution in [0.25, 0.3) is 33.3 Å². The van der Waals surface area contributed by atoms with Gasteiger partial charge in [-0.3, -0.25) is 19.4 Å². The fraction of sp³-hybridized carbons (Fsp3) is 0.477. The molecule has 4 aromatic rings. The average Bonchev–Trinajstić information content (AvgIpc) is 3.92. The average molecular weight is 768 g/mol. The van der Waals surface area contributed by atoms with Crippen molar-refractivity contribution in [3.63, 3.8) is 0 Å². The lowest BCUT2D eigenvalue weighted by Crippen LogP contribution is -2.55. The van der Waals surface area contributed by atoms with E-state index in [2.05, 4.69) is 48.9 Å². The van der Waals surface area contributed by atoms with Gasteiger partial charge in [-0.2, -0.15) is 0 Å². The van der Waals surface area contributed by atoms with Crippen LogP contribution in [0.2, 0.25) is 0 Å². The molecule has 2 aromatic heterocycles. The summed E-state index contributed by atoms with van der Waals surface area (Å²) in [5.74, 6) is -0.771. The van der Waals surface area contributed by atoms with Crippen LogP contribution in [0, 0.1) is 16.7 Å². The van der Waals surface area contributed by atoms with Crippen molar-refractivity contribution in [1.82, 2.24) is 19.8 Å². The van der Waals surface area contributed by atoms with E-state index in [4.69, 9.17) is 20.2 Å². The van der Waals surface area contributed by atoms with Gasteiger partial charge in [-0.1, -0.05) is 39.8 Å². The van der Waals surface area contributed by atoms with Gasteiger partial charge in [0, 0.05) is 55.3 Å². The number of nitrogens with two attached hydrogens (primary N) is 1. The van der Waals surface area contributed by atoms with Gasteiger partial charge in [0.25, 0.3) is 6.47 Å². The number of phenolic OH excluding ortho intramolecular Hbond substituents is 1. The number of aryl methyl sites for hydroxylation is 1. The molecular weight excluding hydrogens is 711 g/mol. The topological polar surface area (TPSA) is 166 Å². The molecule has 1 fully saturated rings. The lowest BCUT2D eigenvalue weighted by molar-refractivity contribution is -0.144. The van der Waals surface area contributed by atoms with Gasteiger partial charge >= 0.3 is 0 Å². The summed E-state index contributed by atoms with van der Waals surface area (Å²) in [5.41, 5.74) is 12.0. The highest BCUT2D eigenvalue weighted by molar-refractivity contribution is 5.96. The molecule has 0 bridgehead atoms. The number of nitrogens with zero attached hydrogens (tertiary/aromatic N) is 3. The second kappa shape index (κ2) is 17.4. The Morgan fingerprint density at radius 1 is 1.11 bits per heavy atom. The SMILES string of the molecule is CCn1c(-c2cccnc2C(C)OC)c(CC(C)(C)COC=O)c2cc(-c3cc(O)cc(CC(C=O)NC(=O)C(C(C)C)N(C)C(=O)C4(CN)CC4)c3)ccc21. The molecule has 56 heavy (non-hydrogen) atoms. The zero-order valence-corrected chi connectivity index (χ0v) is 33.9. The van der Waals surface area contributed by atoms with Gasteiger partial charge in [-0.25, -0.2) is 0 Å².